The van der Waals surface area contributed by atoms with Crippen LogP contribution in [0.5, 0.6) is 0 Å². The van der Waals surface area contributed by atoms with Gasteiger partial charge in [0.1, 0.15) is 5.82 Å². The number of nitrogens with one attached hydrogen (secondary N) is 1. The molecule has 0 bridgehead atoms. The molecule has 1 aliphatic heterocycles. The van der Waals surface area contributed by atoms with Crippen LogP contribution in [0.3, 0.4) is 0 Å². The number of anilines is 2. The molecule has 0 spiro atoms. The van der Waals surface area contributed by atoms with Crippen LogP contribution in [0, 0.1) is 0 Å². The van der Waals surface area contributed by atoms with E-state index < -0.39 is 0 Å². The molecule has 0 saturated heterocycles. The molecular formula is C15H14N2. The van der Waals surface area contributed by atoms with Crippen LogP contribution in [0.1, 0.15) is 5.56 Å². The quantitative estimate of drug-likeness (QED) is 0.793. The first kappa shape index (κ1) is 9.97. The van der Waals surface area contributed by atoms with Gasteiger partial charge in [-0.05, 0) is 23.8 Å². The first-order valence-electron chi connectivity index (χ1n) is 5.71. The van der Waals surface area contributed by atoms with Crippen LogP contribution in [0.4, 0.5) is 11.4 Å². The van der Waals surface area contributed by atoms with E-state index in [4.69, 9.17) is 0 Å². The molecule has 1 heterocycles. The molecule has 2 nitrogen and oxygen atoms in total. The molecule has 2 heteroatoms. The molecule has 0 amide bonds. The normalized spacial score (nSPS) is 14.1. The third-order valence-electron chi connectivity index (χ3n) is 3.02. The summed E-state index contributed by atoms with van der Waals surface area (Å²) in [5.41, 5.74) is 3.62. The Morgan fingerprint density at radius 3 is 2.47 bits per heavy atom. The summed E-state index contributed by atoms with van der Waals surface area (Å²) in [4.78, 5) is 2.18. The maximum atomic E-state index is 4.09. The summed E-state index contributed by atoms with van der Waals surface area (Å²) >= 11 is 0. The Labute approximate surface area is 101 Å². The summed E-state index contributed by atoms with van der Waals surface area (Å²) in [5, 5.41) is 3.34. The lowest BCUT2D eigenvalue weighted by Crippen LogP contribution is -2.30. The van der Waals surface area contributed by atoms with Crippen LogP contribution in [-0.2, 0) is 6.54 Å². The first-order chi connectivity index (χ1) is 8.34. The average molecular weight is 222 g/mol. The minimum absolute atomic E-state index is 0.867. The summed E-state index contributed by atoms with van der Waals surface area (Å²) in [6, 6.07) is 18.6. The van der Waals surface area contributed by atoms with Crippen LogP contribution >= 0.6 is 0 Å². The van der Waals surface area contributed by atoms with E-state index in [1.807, 2.05) is 24.3 Å². The highest BCUT2D eigenvalue weighted by Gasteiger charge is 2.18. The van der Waals surface area contributed by atoms with Gasteiger partial charge in [0.05, 0.1) is 6.54 Å². The third-order valence-corrected chi connectivity index (χ3v) is 3.02. The smallest absolute Gasteiger partial charge is 0.103 e. The number of fused-ring (bicyclic) bond motifs is 1. The topological polar surface area (TPSA) is 15.3 Å². The van der Waals surface area contributed by atoms with Gasteiger partial charge in [-0.1, -0.05) is 43.0 Å². The fourth-order valence-corrected chi connectivity index (χ4v) is 2.12. The Balaban J connectivity index is 1.98. The number of benzene rings is 2. The van der Waals surface area contributed by atoms with Crippen LogP contribution in [0.25, 0.3) is 0 Å². The molecule has 0 aromatic heterocycles. The Morgan fingerprint density at radius 1 is 0.941 bits per heavy atom. The maximum Gasteiger partial charge on any atom is 0.103 e. The molecule has 84 valence electrons. The maximum absolute atomic E-state index is 4.09. The van der Waals surface area contributed by atoms with Gasteiger partial charge in [-0.3, -0.25) is 0 Å². The van der Waals surface area contributed by atoms with Gasteiger partial charge in [0.2, 0.25) is 0 Å². The van der Waals surface area contributed by atoms with Crippen LogP contribution in [0.15, 0.2) is 67.0 Å². The van der Waals surface area contributed by atoms with E-state index in [9.17, 15) is 0 Å². The predicted octanol–water partition coefficient (Wildman–Crippen LogP) is 3.59. The number of hydrogen-bond acceptors (Lipinski definition) is 2. The molecule has 3 rings (SSSR count). The van der Waals surface area contributed by atoms with Crippen molar-refractivity contribution in [1.29, 1.82) is 0 Å². The van der Waals surface area contributed by atoms with Crippen molar-refractivity contribution in [2.75, 3.05) is 10.2 Å². The number of para-hydroxylation sites is 2. The number of hydrogen-bond donors (Lipinski definition) is 1. The summed E-state index contributed by atoms with van der Waals surface area (Å²) in [5.74, 6) is 0.926. The van der Waals surface area contributed by atoms with Crippen molar-refractivity contribution in [3.8, 4) is 0 Å². The van der Waals surface area contributed by atoms with E-state index in [-0.39, 0.29) is 0 Å². The van der Waals surface area contributed by atoms with Gasteiger partial charge in [-0.15, -0.1) is 0 Å². The summed E-state index contributed by atoms with van der Waals surface area (Å²) in [6.07, 6.45) is 0. The molecule has 0 saturated carbocycles. The van der Waals surface area contributed by atoms with E-state index in [0.29, 0.717) is 0 Å². The van der Waals surface area contributed by atoms with E-state index >= 15 is 0 Å². The predicted molar refractivity (Wildman–Crippen MR) is 71.8 cm³/mol. The fourth-order valence-electron chi connectivity index (χ4n) is 2.12. The molecule has 0 fully saturated rings. The summed E-state index contributed by atoms with van der Waals surface area (Å²) in [7, 11) is 0. The average Bonchev–Trinajstić information content (AvgIpc) is 2.39. The minimum Gasteiger partial charge on any atom is -0.342 e. The largest absolute Gasteiger partial charge is 0.342 e. The number of nitrogens with zero attached hydrogens (tertiary/aromatic N) is 1. The molecule has 1 aliphatic rings. The second-order valence-electron chi connectivity index (χ2n) is 4.15. The van der Waals surface area contributed by atoms with E-state index in [0.717, 1.165) is 18.1 Å². The standard InChI is InChI=1S/C15H14N2/c1-12-16-15-10-6-5-7-13(15)11-17(12)14-8-3-2-4-9-14/h2-10,16H,1,11H2. The van der Waals surface area contributed by atoms with Gasteiger partial charge >= 0.3 is 0 Å². The molecular weight excluding hydrogens is 208 g/mol. The van der Waals surface area contributed by atoms with Gasteiger partial charge in [0.25, 0.3) is 0 Å². The van der Waals surface area contributed by atoms with Crippen molar-refractivity contribution in [1.82, 2.24) is 0 Å². The zero-order valence-corrected chi connectivity index (χ0v) is 9.56. The van der Waals surface area contributed by atoms with Gasteiger partial charge in [0, 0.05) is 11.4 Å². The SMILES string of the molecule is C=C1Nc2ccccc2CN1c1ccccc1. The summed E-state index contributed by atoms with van der Waals surface area (Å²) < 4.78 is 0. The Bertz CT molecular complexity index is 546. The van der Waals surface area contributed by atoms with Crippen molar-refractivity contribution in [2.24, 2.45) is 0 Å². The highest BCUT2D eigenvalue weighted by Crippen LogP contribution is 2.29. The monoisotopic (exact) mass is 222 g/mol. The van der Waals surface area contributed by atoms with E-state index in [2.05, 4.69) is 47.1 Å². The fraction of sp³-hybridized carbons (Fsp3) is 0.0667. The lowest BCUT2D eigenvalue weighted by Gasteiger charge is -2.33. The lowest BCUT2D eigenvalue weighted by atomic mass is 10.1. The van der Waals surface area contributed by atoms with Crippen LogP contribution in [-0.4, -0.2) is 0 Å². The first-order valence-corrected chi connectivity index (χ1v) is 5.71. The van der Waals surface area contributed by atoms with Crippen molar-refractivity contribution in [2.45, 2.75) is 6.54 Å². The van der Waals surface area contributed by atoms with Crippen LogP contribution in [0.2, 0.25) is 0 Å². The molecule has 2 aromatic rings. The third kappa shape index (κ3) is 1.78. The summed E-state index contributed by atoms with van der Waals surface area (Å²) in [6.45, 7) is 4.95. The second kappa shape index (κ2) is 3.98. The Kier molecular flexibility index (Phi) is 2.33. The van der Waals surface area contributed by atoms with Crippen molar-refractivity contribution in [3.05, 3.63) is 72.6 Å². The Morgan fingerprint density at radius 2 is 1.65 bits per heavy atom. The highest BCUT2D eigenvalue weighted by molar-refractivity contribution is 5.65. The van der Waals surface area contributed by atoms with Crippen LogP contribution < -0.4 is 10.2 Å². The van der Waals surface area contributed by atoms with Crippen molar-refractivity contribution in [3.63, 3.8) is 0 Å². The zero-order valence-electron chi connectivity index (χ0n) is 9.56. The van der Waals surface area contributed by atoms with Crippen molar-refractivity contribution >= 4 is 11.4 Å². The molecule has 0 unspecified atom stereocenters. The minimum atomic E-state index is 0.867. The van der Waals surface area contributed by atoms with Crippen molar-refractivity contribution < 1.29 is 0 Å². The molecule has 0 radical (unpaired) electrons. The van der Waals surface area contributed by atoms with E-state index in [1.165, 1.54) is 11.3 Å². The Hall–Kier alpha value is -2.22. The second-order valence-corrected chi connectivity index (χ2v) is 4.15. The van der Waals surface area contributed by atoms with Gasteiger partial charge in [0.15, 0.2) is 0 Å². The molecule has 0 aliphatic carbocycles. The highest BCUT2D eigenvalue weighted by atomic mass is 15.3. The molecule has 0 atom stereocenters. The molecule has 17 heavy (non-hydrogen) atoms. The zero-order chi connectivity index (χ0) is 11.7. The van der Waals surface area contributed by atoms with Gasteiger partial charge in [-0.2, -0.15) is 0 Å². The van der Waals surface area contributed by atoms with Gasteiger partial charge in [-0.25, -0.2) is 0 Å². The molecule has 1 N–H and O–H groups in total. The number of rotatable bonds is 1. The van der Waals surface area contributed by atoms with E-state index in [1.54, 1.807) is 0 Å². The lowest BCUT2D eigenvalue weighted by molar-refractivity contribution is 0.893. The molecule has 2 aromatic carbocycles. The van der Waals surface area contributed by atoms with Gasteiger partial charge < -0.3 is 10.2 Å².